The van der Waals surface area contributed by atoms with E-state index in [0.717, 1.165) is 23.8 Å². The Kier molecular flexibility index (Phi) is 3.28. The molecule has 0 bridgehead atoms. The highest BCUT2D eigenvalue weighted by Gasteiger charge is 2.25. The van der Waals surface area contributed by atoms with Gasteiger partial charge in [0, 0.05) is 6.04 Å². The molecule has 0 aliphatic heterocycles. The summed E-state index contributed by atoms with van der Waals surface area (Å²) in [6, 6.07) is 3.66. The van der Waals surface area contributed by atoms with Crippen LogP contribution in [0.2, 0.25) is 0 Å². The van der Waals surface area contributed by atoms with Gasteiger partial charge in [0.15, 0.2) is 0 Å². The lowest BCUT2D eigenvalue weighted by molar-refractivity contribution is 0.345. The van der Waals surface area contributed by atoms with Gasteiger partial charge in [-0.05, 0) is 32.4 Å². The summed E-state index contributed by atoms with van der Waals surface area (Å²) >= 11 is 0. The van der Waals surface area contributed by atoms with Gasteiger partial charge in [-0.25, -0.2) is 9.67 Å². The molecule has 0 spiro atoms. The standard InChI is InChI=1S/C12H18N4O/c1-4-10(13)12(11-6-5-7-17-11)16-9(3)14-8(2)15-16/h5-7,10,12H,4,13H2,1-3H3. The molecule has 17 heavy (non-hydrogen) atoms. The summed E-state index contributed by atoms with van der Waals surface area (Å²) in [4.78, 5) is 4.31. The maximum atomic E-state index is 6.17. The van der Waals surface area contributed by atoms with E-state index < -0.39 is 0 Å². The lowest BCUT2D eigenvalue weighted by Gasteiger charge is -2.21. The molecule has 0 saturated carbocycles. The molecular formula is C12H18N4O. The zero-order valence-corrected chi connectivity index (χ0v) is 10.4. The Hall–Kier alpha value is -1.62. The van der Waals surface area contributed by atoms with E-state index in [2.05, 4.69) is 17.0 Å². The fourth-order valence-electron chi connectivity index (χ4n) is 2.00. The summed E-state index contributed by atoms with van der Waals surface area (Å²) in [5.74, 6) is 2.43. The van der Waals surface area contributed by atoms with E-state index in [1.165, 1.54) is 0 Å². The van der Waals surface area contributed by atoms with Crippen molar-refractivity contribution in [2.45, 2.75) is 39.3 Å². The second kappa shape index (κ2) is 4.71. The predicted molar refractivity (Wildman–Crippen MR) is 64.6 cm³/mol. The highest BCUT2D eigenvalue weighted by atomic mass is 16.3. The molecule has 0 saturated heterocycles. The molecule has 2 aromatic heterocycles. The van der Waals surface area contributed by atoms with Gasteiger partial charge in [0.05, 0.1) is 6.26 Å². The minimum absolute atomic E-state index is 0.0408. The van der Waals surface area contributed by atoms with E-state index in [4.69, 9.17) is 10.2 Å². The van der Waals surface area contributed by atoms with Crippen LogP contribution in [-0.2, 0) is 0 Å². The maximum Gasteiger partial charge on any atom is 0.147 e. The van der Waals surface area contributed by atoms with Gasteiger partial charge in [-0.1, -0.05) is 6.92 Å². The molecule has 0 amide bonds. The zero-order chi connectivity index (χ0) is 12.4. The third kappa shape index (κ3) is 2.24. The van der Waals surface area contributed by atoms with Crippen LogP contribution in [0.4, 0.5) is 0 Å². The van der Waals surface area contributed by atoms with Crippen molar-refractivity contribution in [3.05, 3.63) is 35.8 Å². The highest BCUT2D eigenvalue weighted by Crippen LogP contribution is 2.23. The van der Waals surface area contributed by atoms with Crippen molar-refractivity contribution in [3.8, 4) is 0 Å². The summed E-state index contributed by atoms with van der Waals surface area (Å²) in [6.45, 7) is 5.86. The monoisotopic (exact) mass is 234 g/mol. The summed E-state index contributed by atoms with van der Waals surface area (Å²) in [5, 5.41) is 4.40. The number of aromatic nitrogens is 3. The molecule has 2 rings (SSSR count). The SMILES string of the molecule is CCC(N)C(c1ccco1)n1nc(C)nc1C. The number of hydrogen-bond acceptors (Lipinski definition) is 4. The van der Waals surface area contributed by atoms with Crippen LogP contribution in [0.5, 0.6) is 0 Å². The van der Waals surface area contributed by atoms with Gasteiger partial charge in [-0.15, -0.1) is 0 Å². The fourth-order valence-corrected chi connectivity index (χ4v) is 2.00. The highest BCUT2D eigenvalue weighted by molar-refractivity contribution is 5.10. The van der Waals surface area contributed by atoms with Crippen molar-refractivity contribution in [1.29, 1.82) is 0 Å². The number of rotatable bonds is 4. The third-order valence-corrected chi connectivity index (χ3v) is 2.88. The van der Waals surface area contributed by atoms with E-state index in [9.17, 15) is 0 Å². The summed E-state index contributed by atoms with van der Waals surface area (Å²) in [6.07, 6.45) is 2.51. The molecule has 0 fully saturated rings. The fraction of sp³-hybridized carbons (Fsp3) is 0.500. The van der Waals surface area contributed by atoms with E-state index >= 15 is 0 Å². The normalized spacial score (nSPS) is 14.8. The second-order valence-corrected chi connectivity index (χ2v) is 4.18. The number of nitrogens with zero attached hydrogens (tertiary/aromatic N) is 3. The van der Waals surface area contributed by atoms with Crippen LogP contribution in [0.15, 0.2) is 22.8 Å². The van der Waals surface area contributed by atoms with Crippen molar-refractivity contribution in [1.82, 2.24) is 14.8 Å². The first-order chi connectivity index (χ1) is 8.13. The Bertz CT molecular complexity index is 475. The van der Waals surface area contributed by atoms with Crippen LogP contribution in [0.25, 0.3) is 0 Å². The van der Waals surface area contributed by atoms with Gasteiger partial charge >= 0.3 is 0 Å². The number of nitrogens with two attached hydrogens (primary N) is 1. The van der Waals surface area contributed by atoms with Gasteiger partial charge in [-0.2, -0.15) is 5.10 Å². The van der Waals surface area contributed by atoms with Gasteiger partial charge in [0.1, 0.15) is 23.5 Å². The Morgan fingerprint density at radius 2 is 2.24 bits per heavy atom. The van der Waals surface area contributed by atoms with Gasteiger partial charge in [0.2, 0.25) is 0 Å². The molecule has 5 nitrogen and oxygen atoms in total. The minimum Gasteiger partial charge on any atom is -0.467 e. The van der Waals surface area contributed by atoms with Crippen LogP contribution in [0.3, 0.4) is 0 Å². The molecule has 2 unspecified atom stereocenters. The topological polar surface area (TPSA) is 69.9 Å². The first-order valence-corrected chi connectivity index (χ1v) is 5.82. The Morgan fingerprint density at radius 1 is 1.47 bits per heavy atom. The van der Waals surface area contributed by atoms with Crippen molar-refractivity contribution < 1.29 is 4.42 Å². The average Bonchev–Trinajstić information content (AvgIpc) is 2.90. The smallest absolute Gasteiger partial charge is 0.147 e. The first kappa shape index (κ1) is 11.9. The van der Waals surface area contributed by atoms with E-state index in [1.54, 1.807) is 6.26 Å². The van der Waals surface area contributed by atoms with Gasteiger partial charge in [-0.3, -0.25) is 0 Å². The molecule has 2 atom stereocenters. The number of hydrogen-bond donors (Lipinski definition) is 1. The van der Waals surface area contributed by atoms with Crippen molar-refractivity contribution in [2.24, 2.45) is 5.73 Å². The molecule has 0 aliphatic carbocycles. The summed E-state index contributed by atoms with van der Waals surface area (Å²) in [5.41, 5.74) is 6.17. The number of aryl methyl sites for hydroxylation is 2. The molecule has 2 aromatic rings. The largest absolute Gasteiger partial charge is 0.467 e. The van der Waals surface area contributed by atoms with Crippen LogP contribution in [-0.4, -0.2) is 20.8 Å². The molecule has 92 valence electrons. The minimum atomic E-state index is -0.0869. The Balaban J connectivity index is 2.44. The molecule has 0 radical (unpaired) electrons. The van der Waals surface area contributed by atoms with Gasteiger partial charge in [0.25, 0.3) is 0 Å². The van der Waals surface area contributed by atoms with Crippen molar-refractivity contribution >= 4 is 0 Å². The summed E-state index contributed by atoms with van der Waals surface area (Å²) < 4.78 is 7.32. The van der Waals surface area contributed by atoms with Crippen LogP contribution in [0, 0.1) is 13.8 Å². The van der Waals surface area contributed by atoms with Crippen LogP contribution >= 0.6 is 0 Å². The maximum absolute atomic E-state index is 6.17. The molecule has 2 heterocycles. The van der Waals surface area contributed by atoms with Gasteiger partial charge < -0.3 is 10.2 Å². The lowest BCUT2D eigenvalue weighted by atomic mass is 10.0. The molecule has 2 N–H and O–H groups in total. The van der Waals surface area contributed by atoms with Crippen molar-refractivity contribution in [3.63, 3.8) is 0 Å². The van der Waals surface area contributed by atoms with Crippen LogP contribution in [0.1, 0.15) is 36.8 Å². The first-order valence-electron chi connectivity index (χ1n) is 5.82. The van der Waals surface area contributed by atoms with E-state index in [0.29, 0.717) is 0 Å². The zero-order valence-electron chi connectivity index (χ0n) is 10.4. The quantitative estimate of drug-likeness (QED) is 0.876. The second-order valence-electron chi connectivity index (χ2n) is 4.18. The van der Waals surface area contributed by atoms with Crippen molar-refractivity contribution in [2.75, 3.05) is 0 Å². The molecule has 0 aliphatic rings. The third-order valence-electron chi connectivity index (χ3n) is 2.88. The molecular weight excluding hydrogens is 216 g/mol. The Morgan fingerprint density at radius 3 is 2.71 bits per heavy atom. The predicted octanol–water partition coefficient (Wildman–Crippen LogP) is 1.81. The van der Waals surface area contributed by atoms with Crippen LogP contribution < -0.4 is 5.73 Å². The number of furan rings is 1. The average molecular weight is 234 g/mol. The van der Waals surface area contributed by atoms with E-state index in [-0.39, 0.29) is 12.1 Å². The molecule has 0 aromatic carbocycles. The summed E-state index contributed by atoms with van der Waals surface area (Å²) in [7, 11) is 0. The molecule has 5 heteroatoms. The van der Waals surface area contributed by atoms with E-state index in [1.807, 2.05) is 30.7 Å². The Labute approximate surface area is 101 Å². The lowest BCUT2D eigenvalue weighted by Crippen LogP contribution is -2.33.